The quantitative estimate of drug-likeness (QED) is 0.448. The lowest BCUT2D eigenvalue weighted by Crippen LogP contribution is -2.43. The van der Waals surface area contributed by atoms with Crippen LogP contribution in [0.3, 0.4) is 0 Å². The fraction of sp³-hybridized carbons (Fsp3) is 0.833. The molecule has 0 spiro atoms. The Balaban J connectivity index is 3.95. The van der Waals surface area contributed by atoms with Crippen LogP contribution in [0.25, 0.3) is 0 Å². The summed E-state index contributed by atoms with van der Waals surface area (Å²) < 4.78 is 41.4. The highest BCUT2D eigenvalue weighted by Gasteiger charge is 2.31. The third kappa shape index (κ3) is 12.1. The highest BCUT2D eigenvalue weighted by molar-refractivity contribution is 5.78. The summed E-state index contributed by atoms with van der Waals surface area (Å²) in [5.41, 5.74) is 0. The maximum atomic E-state index is 12.2. The van der Waals surface area contributed by atoms with Crippen LogP contribution in [-0.4, -0.2) is 67.5 Å². The molecule has 0 aliphatic rings. The van der Waals surface area contributed by atoms with Gasteiger partial charge in [0.25, 0.3) is 0 Å². The zero-order valence-electron chi connectivity index (χ0n) is 11.9. The van der Waals surface area contributed by atoms with E-state index in [-0.39, 0.29) is 32.1 Å². The van der Waals surface area contributed by atoms with E-state index >= 15 is 0 Å². The zero-order chi connectivity index (χ0) is 16.3. The number of esters is 1. The van der Waals surface area contributed by atoms with Crippen molar-refractivity contribution in [3.8, 4) is 0 Å². The molecule has 21 heavy (non-hydrogen) atoms. The first-order valence-corrected chi connectivity index (χ1v) is 6.60. The van der Waals surface area contributed by atoms with Gasteiger partial charge in [-0.15, -0.1) is 0 Å². The van der Waals surface area contributed by atoms with Gasteiger partial charge >= 0.3 is 12.1 Å². The Kier molecular flexibility index (Phi) is 9.72. The Bertz CT molecular complexity index is 324. The summed E-state index contributed by atoms with van der Waals surface area (Å²) in [7, 11) is 0. The van der Waals surface area contributed by atoms with Crippen molar-refractivity contribution < 1.29 is 32.6 Å². The van der Waals surface area contributed by atoms with Crippen LogP contribution in [0.15, 0.2) is 0 Å². The van der Waals surface area contributed by atoms with Gasteiger partial charge in [0.05, 0.1) is 26.3 Å². The minimum Gasteiger partial charge on any atom is -0.466 e. The average Bonchev–Trinajstić information content (AvgIpc) is 2.33. The van der Waals surface area contributed by atoms with E-state index in [4.69, 9.17) is 5.11 Å². The van der Waals surface area contributed by atoms with Gasteiger partial charge in [-0.3, -0.25) is 14.5 Å². The van der Waals surface area contributed by atoms with Crippen molar-refractivity contribution in [2.45, 2.75) is 25.9 Å². The van der Waals surface area contributed by atoms with E-state index < -0.39 is 31.8 Å². The van der Waals surface area contributed by atoms with Crippen LogP contribution >= 0.6 is 0 Å². The van der Waals surface area contributed by atoms with Gasteiger partial charge in [0, 0.05) is 19.5 Å². The van der Waals surface area contributed by atoms with Gasteiger partial charge < -0.3 is 15.2 Å². The zero-order valence-corrected chi connectivity index (χ0v) is 11.9. The topological polar surface area (TPSA) is 78.9 Å². The molecule has 0 bridgehead atoms. The Morgan fingerprint density at radius 1 is 1.33 bits per heavy atom. The number of alkyl halides is 3. The van der Waals surface area contributed by atoms with Gasteiger partial charge in [0.2, 0.25) is 5.91 Å². The number of amides is 1. The number of hydrogen-bond acceptors (Lipinski definition) is 5. The first kappa shape index (κ1) is 19.7. The van der Waals surface area contributed by atoms with Crippen molar-refractivity contribution in [1.29, 1.82) is 0 Å². The second-order valence-corrected chi connectivity index (χ2v) is 4.31. The number of hydrogen-bond donors (Lipinski definition) is 2. The molecule has 0 aromatic heterocycles. The van der Waals surface area contributed by atoms with Crippen molar-refractivity contribution in [2.75, 3.05) is 39.4 Å². The second-order valence-electron chi connectivity index (χ2n) is 4.31. The molecule has 2 N–H and O–H groups in total. The van der Waals surface area contributed by atoms with E-state index in [1.54, 1.807) is 6.92 Å². The van der Waals surface area contributed by atoms with E-state index in [0.717, 1.165) is 4.90 Å². The summed E-state index contributed by atoms with van der Waals surface area (Å²) in [5.74, 6) is -0.970. The molecule has 0 saturated carbocycles. The van der Waals surface area contributed by atoms with Crippen LogP contribution in [-0.2, 0) is 14.3 Å². The predicted octanol–water partition coefficient (Wildman–Crippen LogP) is 0.302. The number of nitrogens with one attached hydrogen (secondary N) is 1. The average molecular weight is 314 g/mol. The molecule has 6 nitrogen and oxygen atoms in total. The molecule has 0 unspecified atom stereocenters. The van der Waals surface area contributed by atoms with Crippen molar-refractivity contribution in [3.63, 3.8) is 0 Å². The molecular weight excluding hydrogens is 293 g/mol. The second kappa shape index (κ2) is 10.4. The summed E-state index contributed by atoms with van der Waals surface area (Å²) in [6.07, 6.45) is -3.94. The van der Waals surface area contributed by atoms with Crippen LogP contribution in [0, 0.1) is 0 Å². The normalized spacial score (nSPS) is 11.5. The number of nitrogens with zero attached hydrogens (tertiary/aromatic N) is 1. The summed E-state index contributed by atoms with van der Waals surface area (Å²) >= 11 is 0. The molecule has 0 fully saturated rings. The number of ether oxygens (including phenoxy) is 1. The molecule has 9 heteroatoms. The standard InChI is InChI=1S/C12H21F3N2O4/c1-2-21-11(20)4-3-5-16-10(19)8-17(6-7-18)9-12(13,14)15/h18H,2-9H2,1H3,(H,16,19). The molecule has 0 aromatic carbocycles. The van der Waals surface area contributed by atoms with Crippen molar-refractivity contribution >= 4 is 11.9 Å². The van der Waals surface area contributed by atoms with Crippen LogP contribution in [0.4, 0.5) is 13.2 Å². The van der Waals surface area contributed by atoms with Crippen LogP contribution in [0.2, 0.25) is 0 Å². The van der Waals surface area contributed by atoms with Crippen molar-refractivity contribution in [2.24, 2.45) is 0 Å². The van der Waals surface area contributed by atoms with E-state index in [0.29, 0.717) is 6.42 Å². The number of halogens is 3. The minimum atomic E-state index is -4.43. The SMILES string of the molecule is CCOC(=O)CCCNC(=O)CN(CCO)CC(F)(F)F. The number of carbonyl (C=O) groups is 2. The van der Waals surface area contributed by atoms with E-state index in [1.165, 1.54) is 0 Å². The summed E-state index contributed by atoms with van der Waals surface area (Å²) in [5, 5.41) is 11.1. The van der Waals surface area contributed by atoms with Gasteiger partial charge in [-0.25, -0.2) is 0 Å². The van der Waals surface area contributed by atoms with Crippen LogP contribution < -0.4 is 5.32 Å². The first-order valence-electron chi connectivity index (χ1n) is 6.60. The van der Waals surface area contributed by atoms with Gasteiger partial charge in [0.15, 0.2) is 0 Å². The van der Waals surface area contributed by atoms with E-state index in [9.17, 15) is 22.8 Å². The molecule has 0 rings (SSSR count). The minimum absolute atomic E-state index is 0.136. The van der Waals surface area contributed by atoms with Gasteiger partial charge in [-0.05, 0) is 13.3 Å². The lowest BCUT2D eigenvalue weighted by molar-refractivity contribution is -0.150. The highest BCUT2D eigenvalue weighted by atomic mass is 19.4. The highest BCUT2D eigenvalue weighted by Crippen LogP contribution is 2.15. The molecule has 1 amide bonds. The third-order valence-corrected chi connectivity index (χ3v) is 2.37. The van der Waals surface area contributed by atoms with Gasteiger partial charge in [-0.2, -0.15) is 13.2 Å². The van der Waals surface area contributed by atoms with Crippen molar-refractivity contribution in [3.05, 3.63) is 0 Å². The van der Waals surface area contributed by atoms with Gasteiger partial charge in [-0.1, -0.05) is 0 Å². The maximum Gasteiger partial charge on any atom is 0.401 e. The fourth-order valence-electron chi connectivity index (χ4n) is 1.56. The molecule has 0 heterocycles. The lowest BCUT2D eigenvalue weighted by atomic mass is 10.3. The number of carbonyl (C=O) groups excluding carboxylic acids is 2. The Labute approximate surface area is 121 Å². The molecule has 0 radical (unpaired) electrons. The van der Waals surface area contributed by atoms with E-state index in [2.05, 4.69) is 10.1 Å². The third-order valence-electron chi connectivity index (χ3n) is 2.37. The summed E-state index contributed by atoms with van der Waals surface area (Å²) in [4.78, 5) is 23.3. The summed E-state index contributed by atoms with van der Waals surface area (Å²) in [6, 6.07) is 0. The molecule has 0 atom stereocenters. The number of rotatable bonds is 10. The maximum absolute atomic E-state index is 12.2. The number of aliphatic hydroxyl groups excluding tert-OH is 1. The van der Waals surface area contributed by atoms with E-state index in [1.807, 2.05) is 0 Å². The Hall–Kier alpha value is -1.35. The molecule has 124 valence electrons. The van der Waals surface area contributed by atoms with Crippen LogP contribution in [0.1, 0.15) is 19.8 Å². The van der Waals surface area contributed by atoms with Crippen LogP contribution in [0.5, 0.6) is 0 Å². The summed E-state index contributed by atoms with van der Waals surface area (Å²) in [6.45, 7) is -0.295. The monoisotopic (exact) mass is 314 g/mol. The Morgan fingerprint density at radius 3 is 2.52 bits per heavy atom. The molecule has 0 saturated heterocycles. The lowest BCUT2D eigenvalue weighted by Gasteiger charge is -2.21. The largest absolute Gasteiger partial charge is 0.466 e. The molecule has 0 aliphatic carbocycles. The molecule has 0 aromatic rings. The molecular formula is C12H21F3N2O4. The molecule has 0 aliphatic heterocycles. The first-order chi connectivity index (χ1) is 9.78. The van der Waals surface area contributed by atoms with Crippen molar-refractivity contribution in [1.82, 2.24) is 10.2 Å². The fourth-order valence-corrected chi connectivity index (χ4v) is 1.56. The predicted molar refractivity (Wildman–Crippen MR) is 68.5 cm³/mol. The smallest absolute Gasteiger partial charge is 0.401 e. The van der Waals surface area contributed by atoms with Gasteiger partial charge in [0.1, 0.15) is 0 Å². The Morgan fingerprint density at radius 2 is 2.00 bits per heavy atom. The number of aliphatic hydroxyl groups is 1.